The monoisotopic (exact) mass is 241 g/mol. The summed E-state index contributed by atoms with van der Waals surface area (Å²) in [6.07, 6.45) is 1.04. The molecule has 3 heteroatoms. The minimum Gasteiger partial charge on any atom is -0.322 e. The maximum atomic E-state index is 12.3. The number of nitrogens with two attached hydrogens (primary N) is 1. The molecular formula is C14H27NO2. The molecule has 3 nitrogen and oxygen atoms in total. The summed E-state index contributed by atoms with van der Waals surface area (Å²) in [6.45, 7) is 11.5. The number of hydrogen-bond donors (Lipinski definition) is 1. The summed E-state index contributed by atoms with van der Waals surface area (Å²) in [7, 11) is 0. The molecule has 0 aromatic rings. The summed E-state index contributed by atoms with van der Waals surface area (Å²) in [5, 5.41) is 0. The number of ketones is 2. The lowest BCUT2D eigenvalue weighted by molar-refractivity contribution is -0.134. The van der Waals surface area contributed by atoms with Crippen molar-refractivity contribution in [2.75, 3.05) is 0 Å². The van der Waals surface area contributed by atoms with Crippen LogP contribution in [0.5, 0.6) is 0 Å². The molecule has 0 aromatic heterocycles. The third-order valence-electron chi connectivity index (χ3n) is 2.82. The highest BCUT2D eigenvalue weighted by molar-refractivity contribution is 5.92. The van der Waals surface area contributed by atoms with Crippen LogP contribution in [0.2, 0.25) is 0 Å². The maximum Gasteiger partial charge on any atom is 0.149 e. The predicted molar refractivity (Wildman–Crippen MR) is 70.7 cm³/mol. The normalized spacial score (nSPS) is 15.8. The Hall–Kier alpha value is -0.700. The minimum atomic E-state index is -0.475. The van der Waals surface area contributed by atoms with Crippen LogP contribution in [0, 0.1) is 17.3 Å². The molecule has 0 aliphatic heterocycles. The number of Topliss-reactive ketones (excluding diaryl/α,β-unsaturated/α-hetero) is 2. The van der Waals surface area contributed by atoms with E-state index in [-0.39, 0.29) is 23.9 Å². The minimum absolute atomic E-state index is 0.0201. The lowest BCUT2D eigenvalue weighted by Gasteiger charge is -2.26. The highest BCUT2D eigenvalue weighted by Gasteiger charge is 2.31. The maximum absolute atomic E-state index is 12.3. The number of carbonyl (C=O) groups excluding carboxylic acids is 2. The summed E-state index contributed by atoms with van der Waals surface area (Å²) >= 11 is 0. The number of rotatable bonds is 6. The van der Waals surface area contributed by atoms with Crippen molar-refractivity contribution >= 4 is 11.6 Å². The van der Waals surface area contributed by atoms with Gasteiger partial charge in [0.2, 0.25) is 0 Å². The second-order valence-electron chi connectivity index (χ2n) is 6.40. The molecule has 0 aromatic carbocycles. The van der Waals surface area contributed by atoms with Gasteiger partial charge in [-0.25, -0.2) is 0 Å². The van der Waals surface area contributed by atoms with E-state index in [4.69, 9.17) is 5.73 Å². The van der Waals surface area contributed by atoms with Crippen LogP contribution in [-0.2, 0) is 9.59 Å². The first-order valence-electron chi connectivity index (χ1n) is 6.38. The molecule has 0 unspecified atom stereocenters. The lowest BCUT2D eigenvalue weighted by atomic mass is 9.77. The molecule has 0 radical (unpaired) electrons. The Morgan fingerprint density at radius 1 is 1.12 bits per heavy atom. The van der Waals surface area contributed by atoms with E-state index in [1.54, 1.807) is 6.92 Å². The first-order chi connectivity index (χ1) is 7.55. The Morgan fingerprint density at radius 2 is 1.59 bits per heavy atom. The standard InChI is InChI=1S/C14H27NO2/c1-9(2)7-11(8-12(16)10(3)15)13(17)14(4,5)6/h9-11H,7-8,15H2,1-6H3/t10-,11+/m0/s1. The van der Waals surface area contributed by atoms with Crippen molar-refractivity contribution in [1.29, 1.82) is 0 Å². The fraction of sp³-hybridized carbons (Fsp3) is 0.857. The Morgan fingerprint density at radius 3 is 1.88 bits per heavy atom. The quantitative estimate of drug-likeness (QED) is 0.777. The Bertz CT molecular complexity index is 274. The van der Waals surface area contributed by atoms with Gasteiger partial charge in [-0.15, -0.1) is 0 Å². The molecule has 2 atom stereocenters. The van der Waals surface area contributed by atoms with Gasteiger partial charge >= 0.3 is 0 Å². The van der Waals surface area contributed by atoms with Crippen LogP contribution in [0.1, 0.15) is 54.4 Å². The van der Waals surface area contributed by atoms with Crippen LogP contribution >= 0.6 is 0 Å². The van der Waals surface area contributed by atoms with Crippen LogP contribution in [0.4, 0.5) is 0 Å². The average molecular weight is 241 g/mol. The summed E-state index contributed by atoms with van der Waals surface area (Å²) in [5.74, 6) is 0.370. The van der Waals surface area contributed by atoms with Crippen LogP contribution in [-0.4, -0.2) is 17.6 Å². The van der Waals surface area contributed by atoms with Crippen LogP contribution in [0.3, 0.4) is 0 Å². The molecule has 0 fully saturated rings. The summed E-state index contributed by atoms with van der Waals surface area (Å²) < 4.78 is 0. The highest BCUT2D eigenvalue weighted by atomic mass is 16.1. The largest absolute Gasteiger partial charge is 0.322 e. The van der Waals surface area contributed by atoms with Gasteiger partial charge in [-0.05, 0) is 19.3 Å². The first kappa shape index (κ1) is 16.3. The molecule has 0 spiro atoms. The summed E-state index contributed by atoms with van der Waals surface area (Å²) in [5.41, 5.74) is 5.17. The second kappa shape index (κ2) is 6.29. The Balaban J connectivity index is 4.77. The zero-order valence-electron chi connectivity index (χ0n) is 12.0. The van der Waals surface area contributed by atoms with E-state index in [9.17, 15) is 9.59 Å². The van der Waals surface area contributed by atoms with Crippen molar-refractivity contribution < 1.29 is 9.59 Å². The van der Waals surface area contributed by atoms with E-state index in [2.05, 4.69) is 13.8 Å². The van der Waals surface area contributed by atoms with E-state index in [0.29, 0.717) is 5.92 Å². The van der Waals surface area contributed by atoms with Crippen LogP contribution in [0.25, 0.3) is 0 Å². The summed E-state index contributed by atoms with van der Waals surface area (Å²) in [6, 6.07) is -0.475. The molecule has 0 amide bonds. The van der Waals surface area contributed by atoms with Crippen molar-refractivity contribution in [2.24, 2.45) is 23.0 Å². The molecule has 0 aliphatic carbocycles. The van der Waals surface area contributed by atoms with Gasteiger partial charge in [-0.3, -0.25) is 9.59 Å². The van der Waals surface area contributed by atoms with Crippen molar-refractivity contribution in [3.63, 3.8) is 0 Å². The van der Waals surface area contributed by atoms with Crippen molar-refractivity contribution in [3.05, 3.63) is 0 Å². The van der Waals surface area contributed by atoms with Gasteiger partial charge in [0, 0.05) is 17.8 Å². The van der Waals surface area contributed by atoms with Gasteiger partial charge in [0.1, 0.15) is 11.6 Å². The highest BCUT2D eigenvalue weighted by Crippen LogP contribution is 2.27. The molecule has 0 saturated heterocycles. The molecule has 0 rings (SSSR count). The predicted octanol–water partition coefficient (Wildman–Crippen LogP) is 2.57. The second-order valence-corrected chi connectivity index (χ2v) is 6.40. The SMILES string of the molecule is CC(C)C[C@H](CC(=O)[C@H](C)N)C(=O)C(C)(C)C. The average Bonchev–Trinajstić information content (AvgIpc) is 2.13. The molecule has 2 N–H and O–H groups in total. The molecule has 0 bridgehead atoms. The van der Waals surface area contributed by atoms with E-state index in [1.807, 2.05) is 20.8 Å². The number of hydrogen-bond acceptors (Lipinski definition) is 3. The van der Waals surface area contributed by atoms with Crippen molar-refractivity contribution in [1.82, 2.24) is 0 Å². The van der Waals surface area contributed by atoms with Gasteiger partial charge in [0.05, 0.1) is 6.04 Å². The molecular weight excluding hydrogens is 214 g/mol. The van der Waals surface area contributed by atoms with E-state index in [0.717, 1.165) is 6.42 Å². The van der Waals surface area contributed by atoms with Gasteiger partial charge in [-0.1, -0.05) is 34.6 Å². The summed E-state index contributed by atoms with van der Waals surface area (Å²) in [4.78, 5) is 24.0. The topological polar surface area (TPSA) is 60.2 Å². The first-order valence-corrected chi connectivity index (χ1v) is 6.38. The van der Waals surface area contributed by atoms with Crippen LogP contribution in [0.15, 0.2) is 0 Å². The van der Waals surface area contributed by atoms with Gasteiger partial charge in [0.25, 0.3) is 0 Å². The Labute approximate surface area is 105 Å². The van der Waals surface area contributed by atoms with E-state index >= 15 is 0 Å². The number of carbonyl (C=O) groups is 2. The fourth-order valence-electron chi connectivity index (χ4n) is 1.89. The van der Waals surface area contributed by atoms with Gasteiger partial charge in [-0.2, -0.15) is 0 Å². The smallest absolute Gasteiger partial charge is 0.149 e. The molecule has 0 saturated carbocycles. The van der Waals surface area contributed by atoms with Crippen LogP contribution < -0.4 is 5.73 Å². The molecule has 0 heterocycles. The zero-order chi connectivity index (χ0) is 13.8. The fourth-order valence-corrected chi connectivity index (χ4v) is 1.89. The lowest BCUT2D eigenvalue weighted by Crippen LogP contribution is -2.35. The zero-order valence-corrected chi connectivity index (χ0v) is 12.0. The molecule has 0 aliphatic rings. The molecule has 100 valence electrons. The molecule has 17 heavy (non-hydrogen) atoms. The van der Waals surface area contributed by atoms with Gasteiger partial charge in [0.15, 0.2) is 0 Å². The Kier molecular flexibility index (Phi) is 6.03. The van der Waals surface area contributed by atoms with E-state index in [1.165, 1.54) is 0 Å². The third kappa shape index (κ3) is 5.97. The van der Waals surface area contributed by atoms with Crippen molar-refractivity contribution in [2.45, 2.75) is 60.4 Å². The van der Waals surface area contributed by atoms with Crippen molar-refractivity contribution in [3.8, 4) is 0 Å². The third-order valence-corrected chi connectivity index (χ3v) is 2.82. The van der Waals surface area contributed by atoms with Gasteiger partial charge < -0.3 is 5.73 Å². The van der Waals surface area contributed by atoms with E-state index < -0.39 is 11.5 Å².